The minimum Gasteiger partial charge on any atom is -0.506 e. The third-order valence-electron chi connectivity index (χ3n) is 3.98. The van der Waals surface area contributed by atoms with Crippen LogP contribution in [-0.2, 0) is 5.60 Å². The maximum Gasteiger partial charge on any atom is 0.277 e. The Morgan fingerprint density at radius 1 is 1.26 bits per heavy atom. The first-order valence-corrected chi connectivity index (χ1v) is 8.37. The zero-order valence-electron chi connectivity index (χ0n) is 17.9. The average molecular weight is 390 g/mol. The van der Waals surface area contributed by atoms with Crippen molar-refractivity contribution in [2.24, 2.45) is 0 Å². The van der Waals surface area contributed by atoms with Crippen molar-refractivity contribution in [3.8, 4) is 22.8 Å². The number of rotatable bonds is 3. The number of aromatic hydroxyl groups is 1. The molecule has 0 radical (unpaired) electrons. The summed E-state index contributed by atoms with van der Waals surface area (Å²) in [6.45, 7) is 1.79. The Morgan fingerprint density at radius 2 is 2.00 bits per heavy atom. The van der Waals surface area contributed by atoms with E-state index in [0.29, 0.717) is 22.6 Å². The summed E-state index contributed by atoms with van der Waals surface area (Å²) in [5.41, 5.74) is -0.674. The summed E-state index contributed by atoms with van der Waals surface area (Å²) in [7, 11) is 0. The van der Waals surface area contributed by atoms with E-state index in [1.165, 1.54) is 29.1 Å². The molecule has 0 fully saturated rings. The molecule has 2 N–H and O–H groups in total. The Balaban J connectivity index is 2.18. The molecule has 140 valence electrons. The van der Waals surface area contributed by atoms with Gasteiger partial charge in [-0.2, -0.15) is 0 Å². The van der Waals surface area contributed by atoms with Gasteiger partial charge in [-0.1, -0.05) is 11.6 Å². The number of hydrogen-bond acceptors (Lipinski definition) is 6. The highest BCUT2D eigenvalue weighted by molar-refractivity contribution is 6.31. The van der Waals surface area contributed by atoms with Crippen LogP contribution in [0.3, 0.4) is 0 Å². The Labute approximate surface area is 165 Å². The van der Waals surface area contributed by atoms with Crippen molar-refractivity contribution in [1.29, 1.82) is 0 Å². The van der Waals surface area contributed by atoms with Gasteiger partial charge in [-0.25, -0.2) is 9.97 Å². The third-order valence-corrected chi connectivity index (χ3v) is 4.34. The number of aliphatic hydroxyl groups is 1. The van der Waals surface area contributed by atoms with E-state index in [4.69, 9.17) is 15.7 Å². The summed E-state index contributed by atoms with van der Waals surface area (Å²) in [5, 5.41) is 19.9. The van der Waals surface area contributed by atoms with Gasteiger partial charge in [0.15, 0.2) is 5.82 Å². The molecule has 0 aliphatic heterocycles. The summed E-state index contributed by atoms with van der Waals surface area (Å²) >= 11 is 5.93. The molecule has 3 rings (SSSR count). The Bertz CT molecular complexity index is 1190. The van der Waals surface area contributed by atoms with Gasteiger partial charge in [0.2, 0.25) is 0 Å². The van der Waals surface area contributed by atoms with Crippen molar-refractivity contribution in [2.45, 2.75) is 33.2 Å². The molecule has 0 saturated heterocycles. The predicted octanol–water partition coefficient (Wildman–Crippen LogP) is 2.89. The highest BCUT2D eigenvalue weighted by atomic mass is 35.5. The monoisotopic (exact) mass is 389 g/mol. The molecule has 3 aromatic heterocycles. The molecule has 0 aliphatic rings. The molecule has 0 amide bonds. The molecule has 1 unspecified atom stereocenters. The minimum atomic E-state index is -2.73. The zero-order valence-corrected chi connectivity index (χ0v) is 15.6. The van der Waals surface area contributed by atoms with Gasteiger partial charge in [-0.15, -0.1) is 0 Å². The Morgan fingerprint density at radius 3 is 2.70 bits per heavy atom. The number of nitrogens with zero attached hydrogens (tertiary/aromatic N) is 4. The standard InChI is InChI=1S/C19H19ClN4O3/c1-10-9-22-13(12-5-6-21-18(23-12)19(3,4)27)8-14(10)24-11(2)7-15(25)16(20)17(24)26/h5-9,25,27H,1-4H3/i3D3. The fraction of sp³-hybridized carbons (Fsp3) is 0.263. The van der Waals surface area contributed by atoms with Crippen molar-refractivity contribution in [3.63, 3.8) is 0 Å². The number of aromatic nitrogens is 4. The molecule has 27 heavy (non-hydrogen) atoms. The lowest BCUT2D eigenvalue weighted by Crippen LogP contribution is -2.22. The van der Waals surface area contributed by atoms with E-state index >= 15 is 0 Å². The lowest BCUT2D eigenvalue weighted by molar-refractivity contribution is 0.0688. The summed E-state index contributed by atoms with van der Waals surface area (Å²) in [6, 6.07) is 4.48. The highest BCUT2D eigenvalue weighted by Crippen LogP contribution is 2.26. The van der Waals surface area contributed by atoms with Crippen LogP contribution < -0.4 is 5.56 Å². The van der Waals surface area contributed by atoms with Crippen LogP contribution in [0, 0.1) is 13.8 Å². The van der Waals surface area contributed by atoms with E-state index in [1.54, 1.807) is 19.9 Å². The van der Waals surface area contributed by atoms with Gasteiger partial charge >= 0.3 is 0 Å². The van der Waals surface area contributed by atoms with Gasteiger partial charge in [-0.3, -0.25) is 14.3 Å². The number of pyridine rings is 2. The molecule has 8 heteroatoms. The Hall–Kier alpha value is -2.77. The molecule has 3 heterocycles. The van der Waals surface area contributed by atoms with Gasteiger partial charge in [0.25, 0.3) is 5.56 Å². The summed E-state index contributed by atoms with van der Waals surface area (Å²) in [4.78, 5) is 25.0. The predicted molar refractivity (Wildman–Crippen MR) is 102 cm³/mol. The largest absolute Gasteiger partial charge is 0.506 e. The van der Waals surface area contributed by atoms with E-state index in [2.05, 4.69) is 15.0 Å². The van der Waals surface area contributed by atoms with Crippen LogP contribution in [0.1, 0.15) is 35.0 Å². The van der Waals surface area contributed by atoms with Crippen LogP contribution in [0.5, 0.6) is 5.75 Å². The van der Waals surface area contributed by atoms with Gasteiger partial charge in [0.05, 0.1) is 17.1 Å². The molecule has 0 aliphatic carbocycles. The first kappa shape index (κ1) is 15.3. The highest BCUT2D eigenvalue weighted by Gasteiger charge is 2.21. The van der Waals surface area contributed by atoms with Crippen LogP contribution in [0.25, 0.3) is 17.1 Å². The van der Waals surface area contributed by atoms with Crippen LogP contribution in [0.2, 0.25) is 5.02 Å². The van der Waals surface area contributed by atoms with Gasteiger partial charge in [0, 0.05) is 28.3 Å². The quantitative estimate of drug-likeness (QED) is 0.714. The first-order valence-electron chi connectivity index (χ1n) is 9.49. The van der Waals surface area contributed by atoms with Crippen LogP contribution in [0.4, 0.5) is 0 Å². The van der Waals surface area contributed by atoms with Gasteiger partial charge < -0.3 is 10.2 Å². The van der Waals surface area contributed by atoms with E-state index in [-0.39, 0.29) is 22.3 Å². The normalized spacial score (nSPS) is 15.5. The van der Waals surface area contributed by atoms with E-state index in [0.717, 1.165) is 6.92 Å². The molecule has 0 saturated carbocycles. The second-order valence-electron chi connectivity index (χ2n) is 6.32. The summed E-state index contributed by atoms with van der Waals surface area (Å²) in [5.74, 6) is -0.584. The van der Waals surface area contributed by atoms with Gasteiger partial charge in [0.1, 0.15) is 16.4 Å². The summed E-state index contributed by atoms with van der Waals surface area (Å²) in [6.07, 6.45) is 2.86. The van der Waals surface area contributed by atoms with Crippen LogP contribution in [0.15, 0.2) is 35.4 Å². The second-order valence-corrected chi connectivity index (χ2v) is 6.70. The molecular formula is C19H19ClN4O3. The smallest absolute Gasteiger partial charge is 0.277 e. The van der Waals surface area contributed by atoms with Crippen molar-refractivity contribution in [3.05, 3.63) is 63.1 Å². The lowest BCUT2D eigenvalue weighted by Gasteiger charge is -2.17. The first-order chi connectivity index (χ1) is 13.8. The SMILES string of the molecule is [2H]C([2H])([2H])C(C)(O)c1nccc(-c2cc(-n3c(C)cc(O)c(Cl)c3=O)c(C)cn2)n1. The van der Waals surface area contributed by atoms with E-state index in [1.807, 2.05) is 0 Å². The maximum absolute atomic E-state index is 12.6. The molecule has 0 spiro atoms. The van der Waals surface area contributed by atoms with Crippen molar-refractivity contribution in [2.75, 3.05) is 0 Å². The second kappa shape index (κ2) is 6.75. The van der Waals surface area contributed by atoms with E-state index < -0.39 is 18.0 Å². The lowest BCUT2D eigenvalue weighted by atomic mass is 10.1. The van der Waals surface area contributed by atoms with Crippen LogP contribution in [-0.4, -0.2) is 29.7 Å². The van der Waals surface area contributed by atoms with Crippen molar-refractivity contribution >= 4 is 11.6 Å². The summed E-state index contributed by atoms with van der Waals surface area (Å²) < 4.78 is 23.9. The number of aryl methyl sites for hydroxylation is 2. The molecular weight excluding hydrogens is 368 g/mol. The molecule has 3 aromatic rings. The molecule has 7 nitrogen and oxygen atoms in total. The number of halogens is 1. The van der Waals surface area contributed by atoms with Crippen molar-refractivity contribution in [1.82, 2.24) is 19.5 Å². The number of hydrogen-bond donors (Lipinski definition) is 2. The zero-order chi connectivity index (χ0) is 22.4. The topological polar surface area (TPSA) is 101 Å². The average Bonchev–Trinajstić information content (AvgIpc) is 2.67. The molecule has 1 atom stereocenters. The minimum absolute atomic E-state index is 0.265. The van der Waals surface area contributed by atoms with Gasteiger partial charge in [-0.05, 0) is 45.3 Å². The molecule has 0 bridgehead atoms. The third kappa shape index (κ3) is 3.56. The fourth-order valence-corrected chi connectivity index (χ4v) is 2.76. The van der Waals surface area contributed by atoms with Crippen LogP contribution >= 0.6 is 11.6 Å². The maximum atomic E-state index is 12.6. The molecule has 0 aromatic carbocycles. The van der Waals surface area contributed by atoms with Crippen molar-refractivity contribution < 1.29 is 14.3 Å². The fourth-order valence-electron chi connectivity index (χ4n) is 2.62. The Kier molecular flexibility index (Phi) is 3.83. The van der Waals surface area contributed by atoms with E-state index in [9.17, 15) is 15.0 Å².